The molecule has 36 heavy (non-hydrogen) atoms. The van der Waals surface area contributed by atoms with Crippen molar-refractivity contribution in [2.45, 2.75) is 38.6 Å². The molecule has 0 aliphatic carbocycles. The first-order valence-electron chi connectivity index (χ1n) is 11.6. The molecule has 0 atom stereocenters. The average Bonchev–Trinajstić information content (AvgIpc) is 3.21. The van der Waals surface area contributed by atoms with Crippen LogP contribution in [-0.4, -0.2) is 19.8 Å². The van der Waals surface area contributed by atoms with Gasteiger partial charge in [0.2, 0.25) is 0 Å². The van der Waals surface area contributed by atoms with Gasteiger partial charge in [0, 0.05) is 18.9 Å². The molecular formula is C27H23ClN2O6. The fourth-order valence-corrected chi connectivity index (χ4v) is 4.74. The highest BCUT2D eigenvalue weighted by Gasteiger charge is 2.32. The number of benzene rings is 2. The van der Waals surface area contributed by atoms with E-state index in [-0.39, 0.29) is 40.2 Å². The highest BCUT2D eigenvalue weighted by Crippen LogP contribution is 2.40. The Labute approximate surface area is 210 Å². The number of halogens is 1. The quantitative estimate of drug-likeness (QED) is 0.286. The van der Waals surface area contributed by atoms with Crippen molar-refractivity contribution in [2.24, 2.45) is 0 Å². The van der Waals surface area contributed by atoms with Crippen LogP contribution in [0.4, 0.5) is 0 Å². The first kappa shape index (κ1) is 23.7. The third-order valence-electron chi connectivity index (χ3n) is 6.33. The molecule has 0 saturated carbocycles. The third kappa shape index (κ3) is 4.03. The lowest BCUT2D eigenvalue weighted by molar-refractivity contribution is 0.434. The Balaban J connectivity index is 1.76. The number of nitrogens with zero attached hydrogens (tertiary/aromatic N) is 2. The standard InChI is InChI=1S/C27H23ClN2O6/c1-2-3-12-30-14-29-18(25(30)28)13-17(21-23(31)15-8-4-6-10-19(15)35-26(21)33)22-24(32)16-9-5-7-11-20(16)36-27(22)34/h4-11,14,17,31-32H,2-3,12-13H2,1H3. The highest BCUT2D eigenvalue weighted by molar-refractivity contribution is 6.30. The number of rotatable bonds is 7. The lowest BCUT2D eigenvalue weighted by Gasteiger charge is -2.18. The van der Waals surface area contributed by atoms with Crippen molar-refractivity contribution in [3.05, 3.63) is 97.7 Å². The van der Waals surface area contributed by atoms with Gasteiger partial charge in [-0.05, 0) is 30.7 Å². The van der Waals surface area contributed by atoms with Gasteiger partial charge >= 0.3 is 11.3 Å². The number of unbranched alkanes of at least 4 members (excludes halogenated alkanes) is 1. The zero-order valence-corrected chi connectivity index (χ0v) is 20.2. The van der Waals surface area contributed by atoms with E-state index in [0.29, 0.717) is 28.2 Å². The zero-order chi connectivity index (χ0) is 25.4. The lowest BCUT2D eigenvalue weighted by atomic mass is 9.87. The van der Waals surface area contributed by atoms with Crippen molar-refractivity contribution in [2.75, 3.05) is 0 Å². The number of aromatic hydroxyl groups is 2. The van der Waals surface area contributed by atoms with Gasteiger partial charge in [-0.25, -0.2) is 14.6 Å². The van der Waals surface area contributed by atoms with Crippen LogP contribution >= 0.6 is 11.6 Å². The van der Waals surface area contributed by atoms with Crippen LogP contribution in [0.25, 0.3) is 21.9 Å². The normalized spacial score (nSPS) is 11.6. The Hall–Kier alpha value is -4.04. The molecule has 9 heteroatoms. The first-order valence-corrected chi connectivity index (χ1v) is 12.0. The molecule has 0 aliphatic heterocycles. The maximum Gasteiger partial charge on any atom is 0.343 e. The molecule has 5 rings (SSSR count). The molecule has 0 spiro atoms. The molecule has 8 nitrogen and oxygen atoms in total. The smallest absolute Gasteiger partial charge is 0.343 e. The van der Waals surface area contributed by atoms with Crippen molar-refractivity contribution in [1.29, 1.82) is 0 Å². The van der Waals surface area contributed by atoms with Crippen LogP contribution in [0, 0.1) is 0 Å². The van der Waals surface area contributed by atoms with Crippen molar-refractivity contribution in [3.8, 4) is 11.5 Å². The minimum Gasteiger partial charge on any atom is -0.507 e. The summed E-state index contributed by atoms with van der Waals surface area (Å²) in [7, 11) is 0. The molecule has 2 N–H and O–H groups in total. The van der Waals surface area contributed by atoms with Gasteiger partial charge in [0.05, 0.1) is 33.9 Å². The van der Waals surface area contributed by atoms with E-state index >= 15 is 0 Å². The maximum absolute atomic E-state index is 13.2. The summed E-state index contributed by atoms with van der Waals surface area (Å²) in [5.41, 5.74) is -1.28. The molecule has 0 fully saturated rings. The van der Waals surface area contributed by atoms with E-state index in [9.17, 15) is 19.8 Å². The minimum atomic E-state index is -1.15. The summed E-state index contributed by atoms with van der Waals surface area (Å²) in [4.78, 5) is 30.8. The van der Waals surface area contributed by atoms with Crippen LogP contribution in [0.5, 0.6) is 11.5 Å². The number of para-hydroxylation sites is 2. The Morgan fingerprint density at radius 1 is 0.917 bits per heavy atom. The van der Waals surface area contributed by atoms with E-state index in [1.807, 2.05) is 0 Å². The summed E-state index contributed by atoms with van der Waals surface area (Å²) in [6.45, 7) is 2.71. The fourth-order valence-electron chi connectivity index (χ4n) is 4.48. The maximum atomic E-state index is 13.2. The molecule has 3 aromatic heterocycles. The number of aryl methyl sites for hydroxylation is 1. The second-order valence-electron chi connectivity index (χ2n) is 8.58. The van der Waals surface area contributed by atoms with Crippen molar-refractivity contribution < 1.29 is 19.0 Å². The fraction of sp³-hybridized carbons (Fsp3) is 0.222. The molecule has 0 amide bonds. The van der Waals surface area contributed by atoms with Crippen molar-refractivity contribution in [1.82, 2.24) is 9.55 Å². The zero-order valence-electron chi connectivity index (χ0n) is 19.4. The summed E-state index contributed by atoms with van der Waals surface area (Å²) < 4.78 is 12.7. The van der Waals surface area contributed by atoms with Gasteiger partial charge in [0.25, 0.3) is 0 Å². The summed E-state index contributed by atoms with van der Waals surface area (Å²) in [5, 5.41) is 23.3. The van der Waals surface area contributed by atoms with E-state index in [1.54, 1.807) is 59.4 Å². The van der Waals surface area contributed by atoms with Gasteiger partial charge in [0.1, 0.15) is 27.8 Å². The third-order valence-corrected chi connectivity index (χ3v) is 6.77. The van der Waals surface area contributed by atoms with E-state index < -0.39 is 17.2 Å². The summed E-state index contributed by atoms with van der Waals surface area (Å²) in [6.07, 6.45) is 3.38. The topological polar surface area (TPSA) is 119 Å². The van der Waals surface area contributed by atoms with Gasteiger partial charge < -0.3 is 23.6 Å². The lowest BCUT2D eigenvalue weighted by Crippen LogP contribution is -2.22. The summed E-state index contributed by atoms with van der Waals surface area (Å²) in [5.74, 6) is -1.85. The largest absolute Gasteiger partial charge is 0.507 e. The second-order valence-corrected chi connectivity index (χ2v) is 8.94. The van der Waals surface area contributed by atoms with E-state index in [0.717, 1.165) is 12.8 Å². The van der Waals surface area contributed by atoms with Crippen LogP contribution in [0.3, 0.4) is 0 Å². The SMILES string of the molecule is CCCCn1cnc(CC(c2c(O)c3ccccc3oc2=O)c2c(O)c3ccccc3oc2=O)c1Cl. The molecular weight excluding hydrogens is 484 g/mol. The number of fused-ring (bicyclic) bond motifs is 2. The van der Waals surface area contributed by atoms with Crippen LogP contribution in [0.2, 0.25) is 5.15 Å². The second kappa shape index (κ2) is 9.54. The predicted octanol–water partition coefficient (Wildman–Crippen LogP) is 5.34. The Morgan fingerprint density at radius 3 is 1.97 bits per heavy atom. The Morgan fingerprint density at radius 2 is 1.44 bits per heavy atom. The Bertz CT molecular complexity index is 1600. The molecule has 0 aliphatic rings. The van der Waals surface area contributed by atoms with Crippen molar-refractivity contribution in [3.63, 3.8) is 0 Å². The predicted molar refractivity (Wildman–Crippen MR) is 136 cm³/mol. The van der Waals surface area contributed by atoms with Crippen LogP contribution < -0.4 is 11.3 Å². The molecule has 0 saturated heterocycles. The Kier molecular flexibility index (Phi) is 6.28. The van der Waals surface area contributed by atoms with Crippen molar-refractivity contribution >= 4 is 33.5 Å². The molecule has 0 unspecified atom stereocenters. The van der Waals surface area contributed by atoms with E-state index in [4.69, 9.17) is 20.4 Å². The van der Waals surface area contributed by atoms with E-state index in [1.165, 1.54) is 0 Å². The van der Waals surface area contributed by atoms with Crippen LogP contribution in [0.15, 0.2) is 73.3 Å². The molecule has 5 aromatic rings. The first-order chi connectivity index (χ1) is 17.4. The highest BCUT2D eigenvalue weighted by atomic mass is 35.5. The van der Waals surface area contributed by atoms with Gasteiger partial charge in [-0.1, -0.05) is 49.2 Å². The molecule has 3 heterocycles. The van der Waals surface area contributed by atoms with Gasteiger partial charge in [-0.3, -0.25) is 0 Å². The summed E-state index contributed by atoms with van der Waals surface area (Å²) in [6, 6.07) is 13.0. The van der Waals surface area contributed by atoms with Crippen LogP contribution in [0.1, 0.15) is 42.5 Å². The van der Waals surface area contributed by atoms with Gasteiger partial charge in [-0.2, -0.15) is 0 Å². The molecule has 0 radical (unpaired) electrons. The van der Waals surface area contributed by atoms with Crippen LogP contribution in [-0.2, 0) is 13.0 Å². The van der Waals surface area contributed by atoms with E-state index in [2.05, 4.69) is 11.9 Å². The van der Waals surface area contributed by atoms with Gasteiger partial charge in [0.15, 0.2) is 0 Å². The average molecular weight is 507 g/mol. The number of imidazole rings is 1. The number of aromatic nitrogens is 2. The van der Waals surface area contributed by atoms with Gasteiger partial charge in [-0.15, -0.1) is 0 Å². The summed E-state index contributed by atoms with van der Waals surface area (Å²) >= 11 is 6.60. The molecule has 184 valence electrons. The molecule has 2 aromatic carbocycles. The molecule has 0 bridgehead atoms. The number of hydrogen-bond donors (Lipinski definition) is 2. The number of hydrogen-bond acceptors (Lipinski definition) is 7. The monoisotopic (exact) mass is 506 g/mol. The minimum absolute atomic E-state index is 0.0642.